The molecule has 0 spiro atoms. The number of hydrogen-bond donors (Lipinski definition) is 1. The highest BCUT2D eigenvalue weighted by molar-refractivity contribution is 14.1. The van der Waals surface area contributed by atoms with E-state index < -0.39 is 16.6 Å². The molecule has 2 aromatic rings. The number of para-hydroxylation sites is 1. The molecule has 1 aromatic heterocycles. The minimum atomic E-state index is -0.846. The average Bonchev–Trinajstić information content (AvgIpc) is 2.64. The van der Waals surface area contributed by atoms with Crippen LogP contribution in [0.25, 0.3) is 11.0 Å². The summed E-state index contributed by atoms with van der Waals surface area (Å²) in [5.74, 6) is 0.514. The maximum atomic E-state index is 12.7. The first-order valence-electron chi connectivity index (χ1n) is 10.2. The Morgan fingerprint density at radius 2 is 1.81 bits per heavy atom. The van der Waals surface area contributed by atoms with Crippen LogP contribution in [-0.2, 0) is 9.53 Å². The zero-order valence-electron chi connectivity index (χ0n) is 19.0. The third kappa shape index (κ3) is 6.35. The van der Waals surface area contributed by atoms with E-state index in [1.807, 2.05) is 20.8 Å². The summed E-state index contributed by atoms with van der Waals surface area (Å²) >= 11 is 2.34. The Bertz CT molecular complexity index is 974. The second-order valence-electron chi connectivity index (χ2n) is 9.04. The molecule has 0 saturated heterocycles. The Kier molecular flexibility index (Phi) is 8.02. The normalized spacial score (nSPS) is 14.2. The number of fused-ring (bicyclic) bond motifs is 1. The van der Waals surface area contributed by atoms with E-state index in [1.54, 1.807) is 18.2 Å². The molecule has 0 saturated carbocycles. The summed E-state index contributed by atoms with van der Waals surface area (Å²) in [4.78, 5) is 24.6. The fraction of sp³-hybridized carbons (Fsp3) is 0.565. The first-order chi connectivity index (χ1) is 14.3. The molecule has 31 heavy (non-hydrogen) atoms. The van der Waals surface area contributed by atoms with E-state index in [4.69, 9.17) is 24.4 Å². The van der Waals surface area contributed by atoms with Crippen molar-refractivity contribution < 1.29 is 23.4 Å². The summed E-state index contributed by atoms with van der Waals surface area (Å²) in [7, 11) is 1.51. The lowest BCUT2D eigenvalue weighted by Gasteiger charge is -2.42. The van der Waals surface area contributed by atoms with Crippen molar-refractivity contribution in [1.82, 2.24) is 0 Å². The number of nitrogens with two attached hydrogens (primary N) is 1. The van der Waals surface area contributed by atoms with Crippen molar-refractivity contribution in [1.29, 1.82) is 0 Å². The van der Waals surface area contributed by atoms with Crippen molar-refractivity contribution in [2.24, 2.45) is 11.1 Å². The SMILES string of the molecule is COc1cccc2c(OCCCOC(=O)C(C)(C)C(C)(N)CC(C)(C)I)cc(=O)oc12. The Morgan fingerprint density at radius 1 is 1.13 bits per heavy atom. The molecular formula is C23H32INO6. The molecule has 0 amide bonds. The molecule has 0 radical (unpaired) electrons. The van der Waals surface area contributed by atoms with E-state index in [9.17, 15) is 9.59 Å². The van der Waals surface area contributed by atoms with Crippen LogP contribution in [0.1, 0.15) is 47.5 Å². The summed E-state index contributed by atoms with van der Waals surface area (Å²) in [6.07, 6.45) is 1.13. The van der Waals surface area contributed by atoms with Crippen LogP contribution in [0.3, 0.4) is 0 Å². The minimum Gasteiger partial charge on any atom is -0.493 e. The van der Waals surface area contributed by atoms with Gasteiger partial charge in [0.05, 0.1) is 37.2 Å². The van der Waals surface area contributed by atoms with Crippen molar-refractivity contribution in [3.63, 3.8) is 0 Å². The van der Waals surface area contributed by atoms with Gasteiger partial charge >= 0.3 is 11.6 Å². The highest BCUT2D eigenvalue weighted by Gasteiger charge is 2.47. The highest BCUT2D eigenvalue weighted by Crippen LogP contribution is 2.39. The first-order valence-corrected chi connectivity index (χ1v) is 11.2. The third-order valence-corrected chi connectivity index (χ3v) is 5.80. The van der Waals surface area contributed by atoms with Gasteiger partial charge in [0, 0.05) is 15.4 Å². The zero-order valence-corrected chi connectivity index (χ0v) is 21.2. The third-order valence-electron chi connectivity index (χ3n) is 5.42. The van der Waals surface area contributed by atoms with Crippen LogP contribution in [0.5, 0.6) is 11.5 Å². The number of benzene rings is 1. The summed E-state index contributed by atoms with van der Waals surface area (Å²) in [6, 6.07) is 6.58. The highest BCUT2D eigenvalue weighted by atomic mass is 127. The van der Waals surface area contributed by atoms with Gasteiger partial charge in [-0.05, 0) is 39.3 Å². The smallest absolute Gasteiger partial charge is 0.340 e. The van der Waals surface area contributed by atoms with Crippen LogP contribution in [0.15, 0.2) is 33.5 Å². The predicted molar refractivity (Wildman–Crippen MR) is 129 cm³/mol. The number of halogens is 1. The molecule has 0 aliphatic rings. The molecule has 7 nitrogen and oxygen atoms in total. The molecule has 1 heterocycles. The molecule has 172 valence electrons. The lowest BCUT2D eigenvalue weighted by molar-refractivity contribution is -0.158. The van der Waals surface area contributed by atoms with Gasteiger partial charge in [-0.2, -0.15) is 0 Å². The van der Waals surface area contributed by atoms with E-state index in [0.717, 1.165) is 0 Å². The number of methoxy groups -OCH3 is 1. The van der Waals surface area contributed by atoms with E-state index in [1.165, 1.54) is 13.2 Å². The van der Waals surface area contributed by atoms with Crippen LogP contribution < -0.4 is 20.8 Å². The largest absolute Gasteiger partial charge is 0.493 e. The van der Waals surface area contributed by atoms with Gasteiger partial charge in [0.2, 0.25) is 0 Å². The molecule has 2 rings (SSSR count). The van der Waals surface area contributed by atoms with Gasteiger partial charge in [-0.1, -0.05) is 42.5 Å². The van der Waals surface area contributed by atoms with Gasteiger partial charge in [-0.15, -0.1) is 0 Å². The van der Waals surface area contributed by atoms with Gasteiger partial charge in [0.25, 0.3) is 0 Å². The van der Waals surface area contributed by atoms with Gasteiger partial charge in [-0.3, -0.25) is 4.79 Å². The second kappa shape index (κ2) is 9.77. The number of carbonyl (C=O) groups is 1. The molecule has 1 atom stereocenters. The molecule has 8 heteroatoms. The molecular weight excluding hydrogens is 513 g/mol. The number of alkyl halides is 1. The van der Waals surface area contributed by atoms with E-state index in [-0.39, 0.29) is 22.6 Å². The van der Waals surface area contributed by atoms with Crippen molar-refractivity contribution >= 4 is 39.5 Å². The first kappa shape index (κ1) is 25.5. The summed E-state index contributed by atoms with van der Waals surface area (Å²) in [5, 5.41) is 0.636. The topological polar surface area (TPSA) is 101 Å². The van der Waals surface area contributed by atoms with Crippen LogP contribution in [0, 0.1) is 5.41 Å². The second-order valence-corrected chi connectivity index (χ2v) is 12.0. The quantitative estimate of drug-likeness (QED) is 0.155. The summed E-state index contributed by atoms with van der Waals surface area (Å²) < 4.78 is 21.7. The predicted octanol–water partition coefficient (Wildman–Crippen LogP) is 4.46. The molecule has 0 fully saturated rings. The Hall–Kier alpha value is -1.81. The Labute approximate surface area is 196 Å². The van der Waals surface area contributed by atoms with Crippen molar-refractivity contribution in [2.45, 2.75) is 56.4 Å². The summed E-state index contributed by atoms with van der Waals surface area (Å²) in [5.41, 5.74) is 4.74. The maximum Gasteiger partial charge on any atom is 0.340 e. The average molecular weight is 545 g/mol. The number of carbonyl (C=O) groups excluding carboxylic acids is 1. The molecule has 0 aliphatic carbocycles. The van der Waals surface area contributed by atoms with Gasteiger partial charge in [0.15, 0.2) is 11.3 Å². The van der Waals surface area contributed by atoms with Crippen LogP contribution in [-0.4, -0.2) is 35.3 Å². The Balaban J connectivity index is 1.95. The molecule has 2 N–H and O–H groups in total. The Morgan fingerprint density at radius 3 is 2.42 bits per heavy atom. The van der Waals surface area contributed by atoms with Crippen LogP contribution in [0.4, 0.5) is 0 Å². The zero-order chi connectivity index (χ0) is 23.4. The maximum absolute atomic E-state index is 12.7. The number of ether oxygens (including phenoxy) is 3. The van der Waals surface area contributed by atoms with Crippen molar-refractivity contribution in [3.8, 4) is 11.5 Å². The minimum absolute atomic E-state index is 0.0412. The number of hydrogen-bond acceptors (Lipinski definition) is 7. The van der Waals surface area contributed by atoms with Gasteiger partial charge in [-0.25, -0.2) is 4.79 Å². The van der Waals surface area contributed by atoms with Gasteiger partial charge < -0.3 is 24.4 Å². The van der Waals surface area contributed by atoms with E-state index >= 15 is 0 Å². The summed E-state index contributed by atoms with van der Waals surface area (Å²) in [6.45, 7) is 10.1. The molecule has 0 aliphatic heterocycles. The van der Waals surface area contributed by atoms with Gasteiger partial charge in [0.1, 0.15) is 5.75 Å². The van der Waals surface area contributed by atoms with Crippen molar-refractivity contribution in [3.05, 3.63) is 34.7 Å². The molecule has 1 unspecified atom stereocenters. The fourth-order valence-electron chi connectivity index (χ4n) is 3.32. The molecule has 0 bridgehead atoms. The lowest BCUT2D eigenvalue weighted by Crippen LogP contribution is -2.57. The number of rotatable bonds is 10. The monoisotopic (exact) mass is 545 g/mol. The standard InChI is InChI=1S/C23H32INO6/c1-21(2,24)14-23(5,25)22(3,4)20(27)30-12-8-11-29-17-13-18(26)31-19-15(17)9-7-10-16(19)28-6/h7,9-10,13H,8,11-12,14,25H2,1-6H3. The van der Waals surface area contributed by atoms with Crippen LogP contribution >= 0.6 is 22.6 Å². The van der Waals surface area contributed by atoms with E-state index in [2.05, 4.69) is 36.4 Å². The number of esters is 1. The van der Waals surface area contributed by atoms with Crippen molar-refractivity contribution in [2.75, 3.05) is 20.3 Å². The van der Waals surface area contributed by atoms with E-state index in [0.29, 0.717) is 35.3 Å². The molecule has 1 aromatic carbocycles. The lowest BCUT2D eigenvalue weighted by atomic mass is 9.70. The fourth-order valence-corrected chi connectivity index (χ4v) is 4.12. The van der Waals surface area contributed by atoms with Crippen LogP contribution in [0.2, 0.25) is 0 Å².